The van der Waals surface area contributed by atoms with E-state index in [1.807, 2.05) is 0 Å². The zero-order chi connectivity index (χ0) is 13.8. The molecule has 2 atom stereocenters. The molecule has 0 spiro atoms. The van der Waals surface area contributed by atoms with Crippen LogP contribution in [0.2, 0.25) is 0 Å². The van der Waals surface area contributed by atoms with Crippen molar-refractivity contribution in [2.24, 2.45) is 29.2 Å². The van der Waals surface area contributed by atoms with Gasteiger partial charge in [-0.1, -0.05) is 6.42 Å². The number of rotatable bonds is 4. The minimum Gasteiger partial charge on any atom is -0.369 e. The van der Waals surface area contributed by atoms with Crippen LogP contribution in [0.5, 0.6) is 0 Å². The molecule has 5 heteroatoms. The van der Waals surface area contributed by atoms with Crippen LogP contribution in [-0.4, -0.2) is 24.4 Å². The van der Waals surface area contributed by atoms with E-state index in [9.17, 15) is 9.59 Å². The molecule has 2 aliphatic carbocycles. The summed E-state index contributed by atoms with van der Waals surface area (Å²) >= 11 is 0. The molecule has 0 unspecified atom stereocenters. The molecule has 5 nitrogen and oxygen atoms in total. The van der Waals surface area contributed by atoms with Gasteiger partial charge in [0.05, 0.1) is 0 Å². The van der Waals surface area contributed by atoms with E-state index in [4.69, 9.17) is 11.5 Å². The van der Waals surface area contributed by atoms with Crippen molar-refractivity contribution in [1.29, 1.82) is 0 Å². The molecule has 0 aromatic rings. The lowest BCUT2D eigenvalue weighted by atomic mass is 9.85. The maximum absolute atomic E-state index is 12.2. The zero-order valence-corrected chi connectivity index (χ0v) is 11.4. The molecule has 19 heavy (non-hydrogen) atoms. The van der Waals surface area contributed by atoms with Crippen LogP contribution in [0.25, 0.3) is 0 Å². The van der Waals surface area contributed by atoms with Crippen LogP contribution in [0.15, 0.2) is 0 Å². The number of carbonyl (C=O) groups excluding carboxylic acids is 2. The Morgan fingerprint density at radius 1 is 1.05 bits per heavy atom. The molecule has 2 rings (SSSR count). The van der Waals surface area contributed by atoms with Crippen molar-refractivity contribution in [3.63, 3.8) is 0 Å². The number of hydrogen-bond acceptors (Lipinski definition) is 3. The predicted octanol–water partition coefficient (Wildman–Crippen LogP) is 0.522. The molecular weight excluding hydrogens is 242 g/mol. The van der Waals surface area contributed by atoms with Crippen molar-refractivity contribution in [2.75, 3.05) is 6.54 Å². The lowest BCUT2D eigenvalue weighted by Crippen LogP contribution is -2.43. The van der Waals surface area contributed by atoms with Crippen LogP contribution < -0.4 is 16.8 Å². The van der Waals surface area contributed by atoms with E-state index in [0.29, 0.717) is 12.5 Å². The molecule has 0 saturated heterocycles. The molecule has 0 heterocycles. The Hall–Kier alpha value is -1.10. The Balaban J connectivity index is 1.79. The average molecular weight is 267 g/mol. The second-order valence-electron chi connectivity index (χ2n) is 5.99. The van der Waals surface area contributed by atoms with Gasteiger partial charge in [-0.3, -0.25) is 9.59 Å². The van der Waals surface area contributed by atoms with Gasteiger partial charge in [0.2, 0.25) is 11.8 Å². The number of nitrogens with one attached hydrogen (secondary N) is 1. The third-order valence-electron chi connectivity index (χ3n) is 4.77. The largest absolute Gasteiger partial charge is 0.369 e. The molecule has 2 fully saturated rings. The normalized spacial score (nSPS) is 35.0. The molecule has 0 aliphatic heterocycles. The summed E-state index contributed by atoms with van der Waals surface area (Å²) in [6, 6.07) is 0.210. The number of amides is 2. The predicted molar refractivity (Wildman–Crippen MR) is 73.0 cm³/mol. The van der Waals surface area contributed by atoms with Gasteiger partial charge in [-0.25, -0.2) is 0 Å². The van der Waals surface area contributed by atoms with E-state index in [1.165, 1.54) is 0 Å². The number of carbonyl (C=O) groups is 2. The van der Waals surface area contributed by atoms with Crippen molar-refractivity contribution in [3.8, 4) is 0 Å². The molecule has 0 radical (unpaired) electrons. The van der Waals surface area contributed by atoms with Gasteiger partial charge in [0.25, 0.3) is 0 Å². The number of primary amides is 1. The summed E-state index contributed by atoms with van der Waals surface area (Å²) in [6.07, 6.45) is 6.46. The Morgan fingerprint density at radius 3 is 2.32 bits per heavy atom. The molecule has 0 bridgehead atoms. The van der Waals surface area contributed by atoms with Crippen molar-refractivity contribution in [2.45, 2.75) is 51.0 Å². The Kier molecular flexibility index (Phi) is 4.80. The second kappa shape index (κ2) is 6.37. The highest BCUT2D eigenvalue weighted by Crippen LogP contribution is 2.32. The average Bonchev–Trinajstić information content (AvgIpc) is 2.87. The molecule has 2 amide bonds. The van der Waals surface area contributed by atoms with Crippen LogP contribution in [0.4, 0.5) is 0 Å². The van der Waals surface area contributed by atoms with Gasteiger partial charge < -0.3 is 16.8 Å². The van der Waals surface area contributed by atoms with Crippen molar-refractivity contribution in [1.82, 2.24) is 5.32 Å². The molecular formula is C14H25N3O2. The highest BCUT2D eigenvalue weighted by atomic mass is 16.2. The van der Waals surface area contributed by atoms with Gasteiger partial charge >= 0.3 is 0 Å². The Morgan fingerprint density at radius 2 is 1.74 bits per heavy atom. The monoisotopic (exact) mass is 267 g/mol. The fourth-order valence-electron chi connectivity index (χ4n) is 3.49. The van der Waals surface area contributed by atoms with Crippen LogP contribution in [0.1, 0.15) is 44.9 Å². The summed E-state index contributed by atoms with van der Waals surface area (Å²) in [7, 11) is 0. The smallest absolute Gasteiger partial charge is 0.223 e. The van der Waals surface area contributed by atoms with E-state index in [0.717, 1.165) is 44.9 Å². The highest BCUT2D eigenvalue weighted by molar-refractivity contribution is 5.80. The van der Waals surface area contributed by atoms with Crippen LogP contribution in [0, 0.1) is 17.8 Å². The standard InChI is InChI=1S/C14H25N3O2/c15-8-10-2-1-3-12(10)14(19)17-11-6-4-9(5-7-11)13(16)18/h9-12H,1-8,15H2,(H2,16,18)(H,17,19)/t9?,10-,11?,12-/m1/s1. The van der Waals surface area contributed by atoms with Gasteiger partial charge in [0.15, 0.2) is 0 Å². The van der Waals surface area contributed by atoms with E-state index >= 15 is 0 Å². The molecule has 0 aromatic heterocycles. The summed E-state index contributed by atoms with van der Waals surface area (Å²) in [4.78, 5) is 23.3. The van der Waals surface area contributed by atoms with Crippen LogP contribution in [0.3, 0.4) is 0 Å². The third kappa shape index (κ3) is 3.47. The van der Waals surface area contributed by atoms with Gasteiger partial charge in [-0.05, 0) is 51.0 Å². The summed E-state index contributed by atoms with van der Waals surface area (Å²) in [6.45, 7) is 0.604. The van der Waals surface area contributed by atoms with E-state index in [2.05, 4.69) is 5.32 Å². The zero-order valence-electron chi connectivity index (χ0n) is 11.4. The summed E-state index contributed by atoms with van der Waals surface area (Å²) < 4.78 is 0. The van der Waals surface area contributed by atoms with Crippen LogP contribution in [-0.2, 0) is 9.59 Å². The van der Waals surface area contributed by atoms with E-state index in [1.54, 1.807) is 0 Å². The molecule has 108 valence electrons. The number of hydrogen-bond donors (Lipinski definition) is 3. The SMILES string of the molecule is NC[C@H]1CCC[C@H]1C(=O)NC1CCC(C(N)=O)CC1. The first-order valence-corrected chi connectivity index (χ1v) is 7.41. The van der Waals surface area contributed by atoms with Crippen molar-refractivity contribution >= 4 is 11.8 Å². The topological polar surface area (TPSA) is 98.2 Å². The summed E-state index contributed by atoms with van der Waals surface area (Å²) in [5.41, 5.74) is 11.0. The first-order valence-electron chi connectivity index (χ1n) is 7.41. The minimum absolute atomic E-state index is 0.00331. The van der Waals surface area contributed by atoms with E-state index in [-0.39, 0.29) is 29.7 Å². The number of nitrogens with two attached hydrogens (primary N) is 2. The first-order chi connectivity index (χ1) is 9.11. The summed E-state index contributed by atoms with van der Waals surface area (Å²) in [5, 5.41) is 3.14. The lowest BCUT2D eigenvalue weighted by Gasteiger charge is -2.29. The molecule has 2 aliphatic rings. The second-order valence-corrected chi connectivity index (χ2v) is 5.99. The molecule has 0 aromatic carbocycles. The van der Waals surface area contributed by atoms with Gasteiger partial charge in [-0.15, -0.1) is 0 Å². The Labute approximate surface area is 114 Å². The highest BCUT2D eigenvalue weighted by Gasteiger charge is 2.33. The molecule has 2 saturated carbocycles. The minimum atomic E-state index is -0.205. The fourth-order valence-corrected chi connectivity index (χ4v) is 3.49. The first kappa shape index (κ1) is 14.3. The van der Waals surface area contributed by atoms with Gasteiger partial charge in [0.1, 0.15) is 0 Å². The maximum Gasteiger partial charge on any atom is 0.223 e. The van der Waals surface area contributed by atoms with Gasteiger partial charge in [0, 0.05) is 17.9 Å². The summed E-state index contributed by atoms with van der Waals surface area (Å²) in [5.74, 6) is 0.400. The molecule has 5 N–H and O–H groups in total. The quantitative estimate of drug-likeness (QED) is 0.692. The Bertz CT molecular complexity index is 338. The van der Waals surface area contributed by atoms with Crippen molar-refractivity contribution < 1.29 is 9.59 Å². The third-order valence-corrected chi connectivity index (χ3v) is 4.77. The van der Waals surface area contributed by atoms with Crippen molar-refractivity contribution in [3.05, 3.63) is 0 Å². The maximum atomic E-state index is 12.2. The lowest BCUT2D eigenvalue weighted by molar-refractivity contribution is -0.127. The van der Waals surface area contributed by atoms with Crippen LogP contribution >= 0.6 is 0 Å². The van der Waals surface area contributed by atoms with E-state index < -0.39 is 0 Å². The van der Waals surface area contributed by atoms with Gasteiger partial charge in [-0.2, -0.15) is 0 Å². The fraction of sp³-hybridized carbons (Fsp3) is 0.857.